The van der Waals surface area contributed by atoms with Crippen molar-refractivity contribution in [3.05, 3.63) is 24.3 Å². The van der Waals surface area contributed by atoms with E-state index < -0.39 is 0 Å². The number of rotatable bonds is 7. The van der Waals surface area contributed by atoms with E-state index in [2.05, 4.69) is 24.2 Å². The van der Waals surface area contributed by atoms with Crippen LogP contribution < -0.4 is 11.1 Å². The molecule has 4 nitrogen and oxygen atoms in total. The first-order valence-corrected chi connectivity index (χ1v) is 6.45. The molecule has 100 valence electrons. The van der Waals surface area contributed by atoms with E-state index in [1.165, 1.54) is 0 Å². The van der Waals surface area contributed by atoms with Crippen LogP contribution in [0.1, 0.15) is 26.2 Å². The zero-order valence-corrected chi connectivity index (χ0v) is 11.3. The second-order valence-electron chi connectivity index (χ2n) is 4.58. The number of nitrogen functional groups attached to an aromatic ring is 1. The number of amides is 1. The number of nitrogens with zero attached hydrogens (tertiary/aromatic N) is 1. The van der Waals surface area contributed by atoms with Crippen LogP contribution in [0.4, 0.5) is 11.4 Å². The van der Waals surface area contributed by atoms with Gasteiger partial charge in [-0.05, 0) is 51.2 Å². The first-order valence-electron chi connectivity index (χ1n) is 6.45. The Morgan fingerprint density at radius 2 is 2.17 bits per heavy atom. The Kier molecular flexibility index (Phi) is 6.22. The fraction of sp³-hybridized carbons (Fsp3) is 0.500. The molecule has 18 heavy (non-hydrogen) atoms. The molecule has 1 aromatic rings. The van der Waals surface area contributed by atoms with Gasteiger partial charge in [0.1, 0.15) is 0 Å². The Bertz CT molecular complexity index is 379. The quantitative estimate of drug-likeness (QED) is 0.729. The van der Waals surface area contributed by atoms with Crippen LogP contribution in [0.25, 0.3) is 0 Å². The van der Waals surface area contributed by atoms with E-state index >= 15 is 0 Å². The molecule has 0 aromatic heterocycles. The van der Waals surface area contributed by atoms with Crippen LogP contribution in [0.2, 0.25) is 0 Å². The molecule has 1 aromatic carbocycles. The molecule has 0 aliphatic heterocycles. The number of benzene rings is 1. The summed E-state index contributed by atoms with van der Waals surface area (Å²) < 4.78 is 0. The molecular formula is C14H23N3O. The summed E-state index contributed by atoms with van der Waals surface area (Å²) in [7, 11) is 2.08. The summed E-state index contributed by atoms with van der Waals surface area (Å²) in [6, 6.07) is 7.24. The Morgan fingerprint density at radius 1 is 1.39 bits per heavy atom. The fourth-order valence-electron chi connectivity index (χ4n) is 1.84. The van der Waals surface area contributed by atoms with Gasteiger partial charge in [-0.25, -0.2) is 0 Å². The van der Waals surface area contributed by atoms with Gasteiger partial charge in [0.25, 0.3) is 0 Å². The second-order valence-corrected chi connectivity index (χ2v) is 4.58. The standard InChI is InChI=1S/C14H23N3O/c1-3-9-17(2)10-5-8-14(18)16-13-7-4-6-12(15)11-13/h4,6-7,11H,3,5,8-10,15H2,1-2H3,(H,16,18). The van der Waals surface area contributed by atoms with Crippen LogP contribution in [0.3, 0.4) is 0 Å². The smallest absolute Gasteiger partial charge is 0.224 e. The van der Waals surface area contributed by atoms with Crippen molar-refractivity contribution in [1.82, 2.24) is 4.90 Å². The summed E-state index contributed by atoms with van der Waals surface area (Å²) in [4.78, 5) is 13.9. The van der Waals surface area contributed by atoms with Crippen LogP contribution >= 0.6 is 0 Å². The molecule has 0 heterocycles. The van der Waals surface area contributed by atoms with E-state index in [1.54, 1.807) is 12.1 Å². The Morgan fingerprint density at radius 3 is 2.83 bits per heavy atom. The van der Waals surface area contributed by atoms with E-state index in [4.69, 9.17) is 5.73 Å². The Labute approximate surface area is 109 Å². The molecule has 0 radical (unpaired) electrons. The molecule has 0 spiro atoms. The van der Waals surface area contributed by atoms with Crippen molar-refractivity contribution in [3.63, 3.8) is 0 Å². The molecule has 0 aliphatic rings. The molecular weight excluding hydrogens is 226 g/mol. The van der Waals surface area contributed by atoms with Gasteiger partial charge in [0.15, 0.2) is 0 Å². The molecule has 0 bridgehead atoms. The van der Waals surface area contributed by atoms with Crippen molar-refractivity contribution in [2.24, 2.45) is 0 Å². The Balaban J connectivity index is 2.25. The largest absolute Gasteiger partial charge is 0.399 e. The van der Waals surface area contributed by atoms with Crippen LogP contribution in [-0.4, -0.2) is 30.9 Å². The molecule has 0 fully saturated rings. The number of nitrogens with one attached hydrogen (secondary N) is 1. The number of hydrogen-bond donors (Lipinski definition) is 2. The number of hydrogen-bond acceptors (Lipinski definition) is 3. The third kappa shape index (κ3) is 5.68. The van der Waals surface area contributed by atoms with Gasteiger partial charge in [-0.3, -0.25) is 4.79 Å². The highest BCUT2D eigenvalue weighted by Gasteiger charge is 2.03. The maximum absolute atomic E-state index is 11.7. The minimum Gasteiger partial charge on any atom is -0.399 e. The van der Waals surface area contributed by atoms with Gasteiger partial charge in [-0.1, -0.05) is 13.0 Å². The minimum atomic E-state index is 0.0468. The highest BCUT2D eigenvalue weighted by atomic mass is 16.1. The number of carbonyl (C=O) groups is 1. The van der Waals surface area contributed by atoms with Gasteiger partial charge < -0.3 is 16.0 Å². The van der Waals surface area contributed by atoms with E-state index in [0.29, 0.717) is 12.1 Å². The summed E-state index contributed by atoms with van der Waals surface area (Å²) in [5.74, 6) is 0.0468. The summed E-state index contributed by atoms with van der Waals surface area (Å²) in [5, 5.41) is 2.85. The third-order valence-electron chi connectivity index (χ3n) is 2.72. The maximum Gasteiger partial charge on any atom is 0.224 e. The van der Waals surface area contributed by atoms with E-state index in [-0.39, 0.29) is 5.91 Å². The van der Waals surface area contributed by atoms with Crippen LogP contribution in [-0.2, 0) is 4.79 Å². The lowest BCUT2D eigenvalue weighted by atomic mass is 10.2. The monoisotopic (exact) mass is 249 g/mol. The predicted octanol–water partition coefficient (Wildman–Crippen LogP) is 2.33. The molecule has 1 amide bonds. The lowest BCUT2D eigenvalue weighted by molar-refractivity contribution is -0.116. The van der Waals surface area contributed by atoms with Gasteiger partial charge >= 0.3 is 0 Å². The average molecular weight is 249 g/mol. The summed E-state index contributed by atoms with van der Waals surface area (Å²) in [6.45, 7) is 4.19. The summed E-state index contributed by atoms with van der Waals surface area (Å²) in [6.07, 6.45) is 2.57. The van der Waals surface area contributed by atoms with Crippen molar-refractivity contribution in [2.45, 2.75) is 26.2 Å². The van der Waals surface area contributed by atoms with Gasteiger partial charge in [0.2, 0.25) is 5.91 Å². The predicted molar refractivity (Wildman–Crippen MR) is 76.5 cm³/mol. The molecule has 0 saturated heterocycles. The number of carbonyl (C=O) groups excluding carboxylic acids is 1. The van der Waals surface area contributed by atoms with Crippen LogP contribution in [0.5, 0.6) is 0 Å². The topological polar surface area (TPSA) is 58.4 Å². The summed E-state index contributed by atoms with van der Waals surface area (Å²) >= 11 is 0. The van der Waals surface area contributed by atoms with Crippen molar-refractivity contribution < 1.29 is 4.79 Å². The average Bonchev–Trinajstić information content (AvgIpc) is 2.29. The van der Waals surface area contributed by atoms with Crippen molar-refractivity contribution in [1.29, 1.82) is 0 Å². The highest BCUT2D eigenvalue weighted by molar-refractivity contribution is 5.91. The SMILES string of the molecule is CCCN(C)CCCC(=O)Nc1cccc(N)c1. The molecule has 3 N–H and O–H groups in total. The normalized spacial score (nSPS) is 10.6. The van der Waals surface area contributed by atoms with Crippen molar-refractivity contribution >= 4 is 17.3 Å². The number of nitrogens with two attached hydrogens (primary N) is 1. The van der Waals surface area contributed by atoms with Gasteiger partial charge in [0.05, 0.1) is 0 Å². The van der Waals surface area contributed by atoms with Gasteiger partial charge in [0, 0.05) is 17.8 Å². The van der Waals surface area contributed by atoms with Crippen LogP contribution in [0.15, 0.2) is 24.3 Å². The highest BCUT2D eigenvalue weighted by Crippen LogP contribution is 2.12. The van der Waals surface area contributed by atoms with Gasteiger partial charge in [-0.2, -0.15) is 0 Å². The molecule has 4 heteroatoms. The zero-order valence-electron chi connectivity index (χ0n) is 11.3. The zero-order chi connectivity index (χ0) is 13.4. The molecule has 0 aliphatic carbocycles. The maximum atomic E-state index is 11.7. The molecule has 0 atom stereocenters. The van der Waals surface area contributed by atoms with Crippen molar-refractivity contribution in [2.75, 3.05) is 31.2 Å². The van der Waals surface area contributed by atoms with Crippen LogP contribution in [0, 0.1) is 0 Å². The lowest BCUT2D eigenvalue weighted by Gasteiger charge is -2.14. The number of anilines is 2. The molecule has 0 unspecified atom stereocenters. The van der Waals surface area contributed by atoms with E-state index in [0.717, 1.165) is 31.6 Å². The third-order valence-corrected chi connectivity index (χ3v) is 2.72. The van der Waals surface area contributed by atoms with E-state index in [1.807, 2.05) is 12.1 Å². The minimum absolute atomic E-state index is 0.0468. The summed E-state index contributed by atoms with van der Waals surface area (Å²) in [5.41, 5.74) is 7.08. The molecule has 0 saturated carbocycles. The van der Waals surface area contributed by atoms with Crippen molar-refractivity contribution in [3.8, 4) is 0 Å². The second kappa shape index (κ2) is 7.71. The Hall–Kier alpha value is -1.55. The lowest BCUT2D eigenvalue weighted by Crippen LogP contribution is -2.22. The fourth-order valence-corrected chi connectivity index (χ4v) is 1.84. The van der Waals surface area contributed by atoms with E-state index in [9.17, 15) is 4.79 Å². The first-order chi connectivity index (χ1) is 8.61. The first kappa shape index (κ1) is 14.5. The molecule has 1 rings (SSSR count). The van der Waals surface area contributed by atoms with Gasteiger partial charge in [-0.15, -0.1) is 0 Å².